The van der Waals surface area contributed by atoms with E-state index in [1.807, 2.05) is 18.2 Å². The second kappa shape index (κ2) is 9.87. The summed E-state index contributed by atoms with van der Waals surface area (Å²) in [6.07, 6.45) is 7.17. The molecule has 2 amide bonds. The van der Waals surface area contributed by atoms with Gasteiger partial charge in [0.15, 0.2) is 5.78 Å². The highest BCUT2D eigenvalue weighted by atomic mass is 35.5. The van der Waals surface area contributed by atoms with E-state index < -0.39 is 12.0 Å². The first-order valence-corrected chi connectivity index (χ1v) is 11.8. The third kappa shape index (κ3) is 5.58. The first-order chi connectivity index (χ1) is 15.4. The topological polar surface area (TPSA) is 99.1 Å². The molecule has 0 radical (unpaired) electrons. The number of Topliss-reactive ketones (excluding diaryl/α,β-unsaturated/α-hetero) is 1. The zero-order chi connectivity index (χ0) is 22.7. The van der Waals surface area contributed by atoms with Crippen LogP contribution in [0.3, 0.4) is 0 Å². The maximum absolute atomic E-state index is 13.1. The molecule has 0 aromatic heterocycles. The molecule has 1 saturated carbocycles. The molecular weight excluding hydrogens is 426 g/mol. The number of nitriles is 1. The van der Waals surface area contributed by atoms with E-state index in [0.29, 0.717) is 42.3 Å². The van der Waals surface area contributed by atoms with Crippen molar-refractivity contribution in [1.82, 2.24) is 10.6 Å². The quantitative estimate of drug-likeness (QED) is 0.596. The van der Waals surface area contributed by atoms with E-state index in [0.717, 1.165) is 36.8 Å². The molecule has 0 spiro atoms. The molecule has 32 heavy (non-hydrogen) atoms. The van der Waals surface area contributed by atoms with Crippen LogP contribution in [0.5, 0.6) is 0 Å². The number of rotatable bonds is 9. The van der Waals surface area contributed by atoms with Gasteiger partial charge in [0.2, 0.25) is 11.8 Å². The van der Waals surface area contributed by atoms with Crippen molar-refractivity contribution >= 4 is 35.3 Å². The Labute approximate surface area is 193 Å². The minimum Gasteiger partial charge on any atom is -0.356 e. The number of amides is 2. The molecule has 1 aromatic carbocycles. The average Bonchev–Trinajstić information content (AvgIpc) is 3.49. The van der Waals surface area contributed by atoms with E-state index in [1.54, 1.807) is 6.07 Å². The van der Waals surface area contributed by atoms with Crippen molar-refractivity contribution in [2.45, 2.75) is 57.4 Å². The van der Waals surface area contributed by atoms with Crippen LogP contribution in [0.2, 0.25) is 5.02 Å². The standard InChI is InChI=1S/C25H28ClN3O3/c26-21-6-5-17-11-20(12-19(17)13-21)25(32)29-22(9-15-3-4-15)23(30)10-16(14-27)8-18-2-1-7-28-24(18)31/h5-6,11,13,15-16,18,22H,1-4,7-10,12H2,(H,28,31)(H,29,32). The van der Waals surface area contributed by atoms with Gasteiger partial charge in [0, 0.05) is 35.9 Å². The Hall–Kier alpha value is -2.65. The van der Waals surface area contributed by atoms with Crippen molar-refractivity contribution in [3.8, 4) is 6.07 Å². The summed E-state index contributed by atoms with van der Waals surface area (Å²) in [5.41, 5.74) is 2.59. The number of fused-ring (bicyclic) bond motifs is 1. The normalized spacial score (nSPS) is 21.6. The molecule has 0 bridgehead atoms. The summed E-state index contributed by atoms with van der Waals surface area (Å²) in [5, 5.41) is 16.0. The number of piperidine rings is 1. The van der Waals surface area contributed by atoms with Gasteiger partial charge >= 0.3 is 0 Å². The molecule has 1 aromatic rings. The highest BCUT2D eigenvalue weighted by molar-refractivity contribution is 6.30. The van der Waals surface area contributed by atoms with Gasteiger partial charge < -0.3 is 10.6 Å². The Morgan fingerprint density at radius 2 is 2.06 bits per heavy atom. The predicted molar refractivity (Wildman–Crippen MR) is 121 cm³/mol. The summed E-state index contributed by atoms with van der Waals surface area (Å²) in [5.74, 6) is -0.676. The molecule has 2 fully saturated rings. The third-order valence-corrected chi connectivity index (χ3v) is 6.90. The Balaban J connectivity index is 1.38. The van der Waals surface area contributed by atoms with Crippen molar-refractivity contribution < 1.29 is 14.4 Å². The summed E-state index contributed by atoms with van der Waals surface area (Å²) in [7, 11) is 0. The SMILES string of the molecule is N#CC(CC(=O)C(CC1CC1)NC(=O)C1=Cc2ccc(Cl)cc2C1)CC1CCCNC1=O. The van der Waals surface area contributed by atoms with Gasteiger partial charge in [0.1, 0.15) is 0 Å². The highest BCUT2D eigenvalue weighted by Gasteiger charge is 2.33. The molecule has 1 saturated heterocycles. The minimum atomic E-state index is -0.598. The molecule has 6 nitrogen and oxygen atoms in total. The second-order valence-corrected chi connectivity index (χ2v) is 9.69. The molecule has 3 aliphatic rings. The molecule has 1 heterocycles. The smallest absolute Gasteiger partial charge is 0.248 e. The van der Waals surface area contributed by atoms with Crippen molar-refractivity contribution in [1.29, 1.82) is 5.26 Å². The van der Waals surface area contributed by atoms with Gasteiger partial charge in [0.05, 0.1) is 18.0 Å². The van der Waals surface area contributed by atoms with Crippen molar-refractivity contribution in [3.63, 3.8) is 0 Å². The number of benzene rings is 1. The van der Waals surface area contributed by atoms with Crippen molar-refractivity contribution in [3.05, 3.63) is 39.9 Å². The lowest BCUT2D eigenvalue weighted by atomic mass is 9.85. The number of halogens is 1. The monoisotopic (exact) mass is 453 g/mol. The molecule has 2 N–H and O–H groups in total. The Kier molecular flexibility index (Phi) is 6.95. The average molecular weight is 454 g/mol. The van der Waals surface area contributed by atoms with Crippen molar-refractivity contribution in [2.75, 3.05) is 6.54 Å². The third-order valence-electron chi connectivity index (χ3n) is 6.67. The van der Waals surface area contributed by atoms with Gasteiger partial charge in [-0.05, 0) is 60.9 Å². The van der Waals surface area contributed by atoms with Crippen LogP contribution in [-0.4, -0.2) is 30.2 Å². The Bertz CT molecular complexity index is 993. The molecule has 2 aliphatic carbocycles. The number of carbonyl (C=O) groups is 3. The van der Waals surface area contributed by atoms with Crippen LogP contribution in [0.15, 0.2) is 23.8 Å². The lowest BCUT2D eigenvalue weighted by Gasteiger charge is -2.24. The number of ketones is 1. The number of hydrogen-bond acceptors (Lipinski definition) is 4. The van der Waals surface area contributed by atoms with Crippen LogP contribution in [0, 0.1) is 29.1 Å². The van der Waals surface area contributed by atoms with Crippen LogP contribution >= 0.6 is 11.6 Å². The minimum absolute atomic E-state index is 0.0281. The number of hydrogen-bond donors (Lipinski definition) is 2. The van der Waals surface area contributed by atoms with Gasteiger partial charge in [-0.25, -0.2) is 0 Å². The summed E-state index contributed by atoms with van der Waals surface area (Å²) in [6, 6.07) is 7.17. The van der Waals surface area contributed by atoms with Crippen LogP contribution < -0.4 is 10.6 Å². The van der Waals surface area contributed by atoms with E-state index in [9.17, 15) is 19.6 Å². The van der Waals surface area contributed by atoms with Crippen LogP contribution in [0.4, 0.5) is 0 Å². The fourth-order valence-electron chi connectivity index (χ4n) is 4.64. The Morgan fingerprint density at radius 3 is 2.78 bits per heavy atom. The molecule has 168 valence electrons. The highest BCUT2D eigenvalue weighted by Crippen LogP contribution is 2.35. The second-order valence-electron chi connectivity index (χ2n) is 9.26. The lowest BCUT2D eigenvalue weighted by Crippen LogP contribution is -2.43. The molecule has 1 aliphatic heterocycles. The summed E-state index contributed by atoms with van der Waals surface area (Å²) in [6.45, 7) is 0.674. The van der Waals surface area contributed by atoms with E-state index in [1.165, 1.54) is 0 Å². The van der Waals surface area contributed by atoms with Crippen molar-refractivity contribution in [2.24, 2.45) is 17.8 Å². The predicted octanol–water partition coefficient (Wildman–Crippen LogP) is 3.58. The summed E-state index contributed by atoms with van der Waals surface area (Å²) in [4.78, 5) is 38.1. The maximum atomic E-state index is 13.1. The van der Waals surface area contributed by atoms with Gasteiger partial charge in [-0.1, -0.05) is 30.5 Å². The first-order valence-electron chi connectivity index (χ1n) is 11.4. The van der Waals surface area contributed by atoms with Crippen LogP contribution in [0.1, 0.15) is 56.1 Å². The van der Waals surface area contributed by atoms with Gasteiger partial charge in [-0.2, -0.15) is 5.26 Å². The van der Waals surface area contributed by atoms with E-state index in [4.69, 9.17) is 11.6 Å². The number of nitrogens with zero attached hydrogens (tertiary/aromatic N) is 1. The fourth-order valence-corrected chi connectivity index (χ4v) is 4.83. The largest absolute Gasteiger partial charge is 0.356 e. The maximum Gasteiger partial charge on any atom is 0.248 e. The van der Waals surface area contributed by atoms with E-state index in [2.05, 4.69) is 16.7 Å². The molecule has 3 unspecified atom stereocenters. The first kappa shape index (κ1) is 22.5. The van der Waals surface area contributed by atoms with Gasteiger partial charge in [-0.3, -0.25) is 14.4 Å². The van der Waals surface area contributed by atoms with Gasteiger partial charge in [0.25, 0.3) is 0 Å². The fraction of sp³-hybridized carbons (Fsp3) is 0.520. The summed E-state index contributed by atoms with van der Waals surface area (Å²) < 4.78 is 0. The molecule has 3 atom stereocenters. The lowest BCUT2D eigenvalue weighted by molar-refractivity contribution is -0.128. The van der Waals surface area contributed by atoms with Crippen LogP contribution in [0.25, 0.3) is 6.08 Å². The van der Waals surface area contributed by atoms with Crippen LogP contribution in [-0.2, 0) is 20.8 Å². The zero-order valence-electron chi connectivity index (χ0n) is 18.0. The molecule has 4 rings (SSSR count). The number of carbonyl (C=O) groups excluding carboxylic acids is 3. The Morgan fingerprint density at radius 1 is 1.25 bits per heavy atom. The zero-order valence-corrected chi connectivity index (χ0v) is 18.8. The molecule has 7 heteroatoms. The number of nitrogens with one attached hydrogen (secondary N) is 2. The summed E-state index contributed by atoms with van der Waals surface area (Å²) >= 11 is 6.06. The molecular formula is C25H28ClN3O3. The van der Waals surface area contributed by atoms with Gasteiger partial charge in [-0.15, -0.1) is 0 Å². The van der Waals surface area contributed by atoms with E-state index >= 15 is 0 Å². The van der Waals surface area contributed by atoms with E-state index in [-0.39, 0.29) is 29.9 Å².